The molecule has 0 amide bonds. The molecule has 0 bridgehead atoms. The first-order valence-corrected chi connectivity index (χ1v) is 10.1. The smallest absolute Gasteiger partial charge is 0.314 e. The summed E-state index contributed by atoms with van der Waals surface area (Å²) in [4.78, 5) is 0. The summed E-state index contributed by atoms with van der Waals surface area (Å²) in [7, 11) is 0.629. The van der Waals surface area contributed by atoms with Crippen LogP contribution in [0.4, 0.5) is 0 Å². The van der Waals surface area contributed by atoms with Crippen molar-refractivity contribution in [3.63, 3.8) is 0 Å². The topological polar surface area (TPSA) is 56.2 Å². The van der Waals surface area contributed by atoms with Crippen LogP contribution in [0.25, 0.3) is 0 Å². The quantitative estimate of drug-likeness (QED) is 0.488. The van der Waals surface area contributed by atoms with E-state index in [2.05, 4.69) is 6.92 Å². The zero-order valence-electron chi connectivity index (χ0n) is 14.7. The van der Waals surface area contributed by atoms with E-state index in [0.29, 0.717) is 26.2 Å². The molecule has 0 radical (unpaired) electrons. The predicted molar refractivity (Wildman–Crippen MR) is 90.1 cm³/mol. The van der Waals surface area contributed by atoms with E-state index in [1.807, 2.05) is 11.6 Å². The maximum atomic E-state index is 13.2. The van der Waals surface area contributed by atoms with Crippen LogP contribution in [0.5, 0.6) is 0 Å². The molecule has 1 aliphatic rings. The molecule has 1 saturated heterocycles. The first kappa shape index (κ1) is 20.1. The van der Waals surface area contributed by atoms with Crippen LogP contribution in [0.15, 0.2) is 0 Å². The maximum absolute atomic E-state index is 13.2. The second kappa shape index (κ2) is 10.0. The fourth-order valence-electron chi connectivity index (χ4n) is 2.67. The molecule has 0 aliphatic carbocycles. The van der Waals surface area contributed by atoms with E-state index in [4.69, 9.17) is 4.52 Å². The van der Waals surface area contributed by atoms with E-state index < -0.39 is 7.67 Å². The van der Waals surface area contributed by atoms with Gasteiger partial charge in [-0.3, -0.25) is 4.57 Å². The molecule has 0 aromatic rings. The third-order valence-corrected chi connectivity index (χ3v) is 6.89. The van der Waals surface area contributed by atoms with Crippen molar-refractivity contribution in [1.82, 2.24) is 14.4 Å². The molecular weight excluding hydrogens is 301 g/mol. The predicted octanol–water partition coefficient (Wildman–Crippen LogP) is 3.43. The van der Waals surface area contributed by atoms with Crippen molar-refractivity contribution in [1.29, 1.82) is 0 Å². The first-order chi connectivity index (χ1) is 10.4. The maximum Gasteiger partial charge on any atom is 0.345 e. The van der Waals surface area contributed by atoms with Gasteiger partial charge in [0.15, 0.2) is 0 Å². The summed E-state index contributed by atoms with van der Waals surface area (Å²) in [5.41, 5.74) is 0. The Kier molecular flexibility index (Phi) is 9.14. The molecule has 6 nitrogen and oxygen atoms in total. The van der Waals surface area contributed by atoms with Gasteiger partial charge in [-0.2, -0.15) is 5.06 Å². The van der Waals surface area contributed by atoms with E-state index in [-0.39, 0.29) is 6.10 Å². The molecule has 0 spiro atoms. The van der Waals surface area contributed by atoms with E-state index in [0.717, 1.165) is 12.8 Å². The monoisotopic (exact) mass is 335 g/mol. The summed E-state index contributed by atoms with van der Waals surface area (Å²) in [5.74, 6) is 0. The van der Waals surface area contributed by atoms with Crippen molar-refractivity contribution in [3.8, 4) is 0 Å². The average molecular weight is 335 g/mol. The Hall–Kier alpha value is 0.0300. The van der Waals surface area contributed by atoms with Gasteiger partial charge in [0, 0.05) is 26.2 Å². The van der Waals surface area contributed by atoms with Crippen LogP contribution in [0, 0.1) is 0 Å². The molecular formula is C15H34N3O3P. The van der Waals surface area contributed by atoms with Crippen molar-refractivity contribution >= 4 is 7.67 Å². The number of hydroxylamine groups is 2. The van der Waals surface area contributed by atoms with Crippen LogP contribution >= 0.6 is 7.67 Å². The lowest BCUT2D eigenvalue weighted by atomic mass is 10.1. The molecule has 1 aliphatic heterocycles. The van der Waals surface area contributed by atoms with Gasteiger partial charge in [-0.1, -0.05) is 39.0 Å². The number of nitrogens with zero attached hydrogens (tertiary/aromatic N) is 3. The zero-order chi connectivity index (χ0) is 16.6. The van der Waals surface area contributed by atoms with Gasteiger partial charge in [-0.25, -0.2) is 9.34 Å². The lowest BCUT2D eigenvalue weighted by molar-refractivity contribution is -0.110. The Morgan fingerprint density at radius 1 is 1.14 bits per heavy atom. The van der Waals surface area contributed by atoms with Crippen molar-refractivity contribution < 1.29 is 14.3 Å². The molecule has 22 heavy (non-hydrogen) atoms. The summed E-state index contributed by atoms with van der Waals surface area (Å²) in [6.07, 6.45) is 7.09. The highest BCUT2D eigenvalue weighted by Crippen LogP contribution is 2.54. The van der Waals surface area contributed by atoms with Gasteiger partial charge >= 0.3 is 7.67 Å². The molecule has 132 valence electrons. The summed E-state index contributed by atoms with van der Waals surface area (Å²) < 4.78 is 22.8. The van der Waals surface area contributed by atoms with Crippen LogP contribution in [0.3, 0.4) is 0 Å². The largest absolute Gasteiger partial charge is 0.345 e. The Labute approximate surface area is 135 Å². The Bertz CT molecular complexity index is 347. The summed E-state index contributed by atoms with van der Waals surface area (Å²) >= 11 is 0. The minimum absolute atomic E-state index is 0.0120. The van der Waals surface area contributed by atoms with Crippen LogP contribution < -0.4 is 0 Å². The fourth-order valence-corrected chi connectivity index (χ4v) is 4.76. The van der Waals surface area contributed by atoms with Crippen molar-refractivity contribution in [3.05, 3.63) is 0 Å². The lowest BCUT2D eigenvalue weighted by Gasteiger charge is -2.39. The standard InChI is InChI=1S/C15H34N3O3P/c1-5-6-7-8-9-10-15(2)21-22(20,16(3)4)18-13-11-17(19)12-14-18/h15,19H,5-14H2,1-4H3. The third-order valence-electron chi connectivity index (χ3n) is 4.13. The fraction of sp³-hybridized carbons (Fsp3) is 1.00. The summed E-state index contributed by atoms with van der Waals surface area (Å²) in [6, 6.07) is 0. The minimum atomic E-state index is -2.98. The van der Waals surface area contributed by atoms with E-state index in [1.54, 1.807) is 18.8 Å². The zero-order valence-corrected chi connectivity index (χ0v) is 15.6. The Balaban J connectivity index is 2.47. The number of rotatable bonds is 10. The van der Waals surface area contributed by atoms with E-state index in [9.17, 15) is 9.77 Å². The molecule has 1 fully saturated rings. The second-order valence-electron chi connectivity index (χ2n) is 6.36. The van der Waals surface area contributed by atoms with Crippen LogP contribution in [0.1, 0.15) is 52.4 Å². The molecule has 1 rings (SSSR count). The van der Waals surface area contributed by atoms with Crippen LogP contribution in [0.2, 0.25) is 0 Å². The van der Waals surface area contributed by atoms with Gasteiger partial charge in [0.05, 0.1) is 6.10 Å². The van der Waals surface area contributed by atoms with Gasteiger partial charge in [0.25, 0.3) is 0 Å². The highest BCUT2D eigenvalue weighted by atomic mass is 31.2. The van der Waals surface area contributed by atoms with Crippen LogP contribution in [-0.4, -0.2) is 66.0 Å². The first-order valence-electron chi connectivity index (χ1n) is 8.55. The molecule has 1 heterocycles. The van der Waals surface area contributed by atoms with E-state index >= 15 is 0 Å². The number of hydrogen-bond donors (Lipinski definition) is 1. The third kappa shape index (κ3) is 6.26. The molecule has 0 saturated carbocycles. The molecule has 0 aromatic carbocycles. The van der Waals surface area contributed by atoms with Gasteiger partial charge in [-0.05, 0) is 27.4 Å². The van der Waals surface area contributed by atoms with Crippen molar-refractivity contribution in [2.75, 3.05) is 40.3 Å². The summed E-state index contributed by atoms with van der Waals surface area (Å²) in [5, 5.41) is 10.7. The number of hydrogen-bond acceptors (Lipinski definition) is 4. The molecule has 2 unspecified atom stereocenters. The molecule has 7 heteroatoms. The normalized spacial score (nSPS) is 21.9. The molecule has 1 N–H and O–H groups in total. The van der Waals surface area contributed by atoms with Gasteiger partial charge in [0.2, 0.25) is 0 Å². The number of piperazine rings is 1. The van der Waals surface area contributed by atoms with E-state index in [1.165, 1.54) is 30.7 Å². The van der Waals surface area contributed by atoms with Crippen molar-refractivity contribution in [2.45, 2.75) is 58.5 Å². The van der Waals surface area contributed by atoms with Gasteiger partial charge < -0.3 is 9.73 Å². The van der Waals surface area contributed by atoms with Crippen molar-refractivity contribution in [2.24, 2.45) is 0 Å². The summed E-state index contributed by atoms with van der Waals surface area (Å²) in [6.45, 7) is 6.37. The average Bonchev–Trinajstić information content (AvgIpc) is 2.47. The number of unbranched alkanes of at least 4 members (excludes halogenated alkanes) is 4. The van der Waals surface area contributed by atoms with Crippen LogP contribution in [-0.2, 0) is 9.09 Å². The minimum Gasteiger partial charge on any atom is -0.314 e. The van der Waals surface area contributed by atoms with Gasteiger partial charge in [-0.15, -0.1) is 0 Å². The Morgan fingerprint density at radius 3 is 2.27 bits per heavy atom. The van der Waals surface area contributed by atoms with Gasteiger partial charge in [0.1, 0.15) is 0 Å². The highest BCUT2D eigenvalue weighted by Gasteiger charge is 2.37. The lowest BCUT2D eigenvalue weighted by Crippen LogP contribution is -2.45. The highest BCUT2D eigenvalue weighted by molar-refractivity contribution is 7.53. The SMILES string of the molecule is CCCCCCCC(C)OP(=O)(N(C)C)N1CCN(O)CC1. The Morgan fingerprint density at radius 2 is 1.73 bits per heavy atom. The second-order valence-corrected chi connectivity index (χ2v) is 8.92. The molecule has 2 atom stereocenters. The molecule has 0 aromatic heterocycles.